The monoisotopic (exact) mass is 739 g/mol. The third kappa shape index (κ3) is 17.6. The van der Waals surface area contributed by atoms with Crippen LogP contribution in [0.15, 0.2) is 0 Å². The Kier molecular flexibility index (Phi) is 24.4. The summed E-state index contributed by atoms with van der Waals surface area (Å²) in [5.41, 5.74) is 0. The molecule has 0 amide bonds. The van der Waals surface area contributed by atoms with Crippen molar-refractivity contribution in [2.45, 2.75) is 259 Å². The third-order valence-electron chi connectivity index (χ3n) is 16.5. The van der Waals surface area contributed by atoms with Crippen LogP contribution in [0.25, 0.3) is 0 Å². The van der Waals surface area contributed by atoms with Crippen molar-refractivity contribution in [2.75, 3.05) is 13.2 Å². The lowest BCUT2D eigenvalue weighted by atomic mass is 9.65. The summed E-state index contributed by atoms with van der Waals surface area (Å²) in [6.07, 6.45) is 53.5. The Morgan fingerprint density at radius 1 is 0.321 bits per heavy atom. The molecule has 4 fully saturated rings. The van der Waals surface area contributed by atoms with E-state index in [9.17, 15) is 0 Å². The Labute approximate surface area is 334 Å². The predicted octanol–water partition coefficient (Wildman–Crippen LogP) is 17.3. The van der Waals surface area contributed by atoms with Gasteiger partial charge in [-0.25, -0.2) is 0 Å². The smallest absolute Gasteiger partial charge is 0.0468 e. The minimum Gasteiger partial charge on any atom is -0.381 e. The highest BCUT2D eigenvalue weighted by Crippen LogP contribution is 2.47. The van der Waals surface area contributed by atoms with Crippen LogP contribution < -0.4 is 0 Å². The van der Waals surface area contributed by atoms with Gasteiger partial charge in [-0.3, -0.25) is 0 Å². The fourth-order valence-electron chi connectivity index (χ4n) is 13.0. The molecule has 0 aliphatic heterocycles. The Morgan fingerprint density at radius 2 is 0.566 bits per heavy atom. The number of unbranched alkanes of at least 4 members (excludes halogenated alkanes) is 10. The Balaban J connectivity index is 1.27. The first-order chi connectivity index (χ1) is 26.1. The summed E-state index contributed by atoms with van der Waals surface area (Å²) in [5, 5.41) is 0. The number of hydrogen-bond acceptors (Lipinski definition) is 1. The second kappa shape index (κ2) is 28.4. The van der Waals surface area contributed by atoms with Crippen LogP contribution in [0.3, 0.4) is 0 Å². The van der Waals surface area contributed by atoms with Crippen molar-refractivity contribution >= 4 is 0 Å². The molecule has 53 heavy (non-hydrogen) atoms. The summed E-state index contributed by atoms with van der Waals surface area (Å²) in [6, 6.07) is 0. The minimum absolute atomic E-state index is 0.944. The zero-order valence-electron chi connectivity index (χ0n) is 37.1. The van der Waals surface area contributed by atoms with Crippen LogP contribution in [-0.4, -0.2) is 13.2 Å². The fraction of sp³-hybridized carbons (Fsp3) is 1.00. The predicted molar refractivity (Wildman–Crippen MR) is 235 cm³/mol. The average molecular weight is 739 g/mol. The van der Waals surface area contributed by atoms with Crippen molar-refractivity contribution in [3.8, 4) is 0 Å². The summed E-state index contributed by atoms with van der Waals surface area (Å²) in [6.45, 7) is 11.6. The molecule has 312 valence electrons. The molecule has 2 atom stereocenters. The van der Waals surface area contributed by atoms with Gasteiger partial charge >= 0.3 is 0 Å². The van der Waals surface area contributed by atoms with Gasteiger partial charge in [0.25, 0.3) is 0 Å². The van der Waals surface area contributed by atoms with Gasteiger partial charge in [0.1, 0.15) is 0 Å². The molecule has 0 aromatic heterocycles. The van der Waals surface area contributed by atoms with Crippen LogP contribution >= 0.6 is 0 Å². The van der Waals surface area contributed by atoms with Crippen molar-refractivity contribution in [1.29, 1.82) is 0 Å². The molecule has 0 N–H and O–H groups in total. The quantitative estimate of drug-likeness (QED) is 0.0726. The Morgan fingerprint density at radius 3 is 0.830 bits per heavy atom. The second-order valence-electron chi connectivity index (χ2n) is 20.3. The van der Waals surface area contributed by atoms with Crippen molar-refractivity contribution in [3.05, 3.63) is 0 Å². The molecular formula is C52H98O. The van der Waals surface area contributed by atoms with E-state index in [1.165, 1.54) is 231 Å². The third-order valence-corrected chi connectivity index (χ3v) is 16.5. The van der Waals surface area contributed by atoms with E-state index in [-0.39, 0.29) is 0 Å². The molecular weight excluding hydrogens is 641 g/mol. The van der Waals surface area contributed by atoms with E-state index in [2.05, 4.69) is 27.7 Å². The molecule has 4 saturated carbocycles. The fourth-order valence-corrected chi connectivity index (χ4v) is 13.0. The molecule has 0 saturated heterocycles. The van der Waals surface area contributed by atoms with Crippen LogP contribution in [0, 0.1) is 59.2 Å². The largest absolute Gasteiger partial charge is 0.381 e. The molecule has 0 heterocycles. The lowest BCUT2D eigenvalue weighted by molar-refractivity contribution is 0.0367. The van der Waals surface area contributed by atoms with Gasteiger partial charge in [-0.1, -0.05) is 195 Å². The molecule has 1 nitrogen and oxygen atoms in total. The van der Waals surface area contributed by atoms with E-state index in [1.807, 2.05) is 0 Å². The molecule has 0 aromatic carbocycles. The van der Waals surface area contributed by atoms with E-state index in [0.717, 1.165) is 72.4 Å². The lowest BCUT2D eigenvalue weighted by Crippen LogP contribution is -2.32. The molecule has 4 aliphatic carbocycles. The molecule has 0 aromatic rings. The SMILES string of the molecule is CCCCCCC1CCC(C(CCOCCC(C2CCC(CCCCC)CC2)C2CCC(CCCCCC)CC2)C2CCC(CCCCC)CC2)CC1. The van der Waals surface area contributed by atoms with Crippen molar-refractivity contribution in [2.24, 2.45) is 59.2 Å². The minimum atomic E-state index is 0.944. The van der Waals surface area contributed by atoms with Gasteiger partial charge in [0.2, 0.25) is 0 Å². The Bertz CT molecular complexity index is 750. The van der Waals surface area contributed by atoms with Crippen LogP contribution in [0.2, 0.25) is 0 Å². The van der Waals surface area contributed by atoms with Gasteiger partial charge < -0.3 is 4.74 Å². The maximum absolute atomic E-state index is 6.83. The van der Waals surface area contributed by atoms with Crippen molar-refractivity contribution in [3.63, 3.8) is 0 Å². The van der Waals surface area contributed by atoms with E-state index >= 15 is 0 Å². The first-order valence-electron chi connectivity index (χ1n) is 25.7. The highest BCUT2D eigenvalue weighted by molar-refractivity contribution is 4.87. The van der Waals surface area contributed by atoms with Crippen molar-refractivity contribution in [1.82, 2.24) is 0 Å². The number of hydrogen-bond donors (Lipinski definition) is 0. The zero-order valence-corrected chi connectivity index (χ0v) is 37.1. The Hall–Kier alpha value is -0.0400. The van der Waals surface area contributed by atoms with Gasteiger partial charge in [0.15, 0.2) is 0 Å². The molecule has 1 heteroatoms. The van der Waals surface area contributed by atoms with Gasteiger partial charge in [-0.2, -0.15) is 0 Å². The van der Waals surface area contributed by atoms with Gasteiger partial charge in [-0.15, -0.1) is 0 Å². The van der Waals surface area contributed by atoms with Gasteiger partial charge in [0.05, 0.1) is 0 Å². The molecule has 0 spiro atoms. The highest BCUT2D eigenvalue weighted by atomic mass is 16.5. The van der Waals surface area contributed by atoms with E-state index in [0.29, 0.717) is 0 Å². The first-order valence-corrected chi connectivity index (χ1v) is 25.7. The molecule has 0 bridgehead atoms. The topological polar surface area (TPSA) is 9.23 Å². The summed E-state index contributed by atoms with van der Waals surface area (Å²) >= 11 is 0. The van der Waals surface area contributed by atoms with E-state index in [1.54, 1.807) is 0 Å². The molecule has 4 rings (SSSR count). The van der Waals surface area contributed by atoms with E-state index in [4.69, 9.17) is 4.74 Å². The molecule has 4 aliphatic rings. The average Bonchev–Trinajstić information content (AvgIpc) is 3.20. The normalized spacial score (nSPS) is 31.0. The lowest BCUT2D eigenvalue weighted by Gasteiger charge is -2.41. The van der Waals surface area contributed by atoms with Crippen LogP contribution in [0.5, 0.6) is 0 Å². The second-order valence-corrected chi connectivity index (χ2v) is 20.3. The van der Waals surface area contributed by atoms with E-state index < -0.39 is 0 Å². The van der Waals surface area contributed by atoms with Crippen molar-refractivity contribution < 1.29 is 4.74 Å². The summed E-state index contributed by atoms with van der Waals surface area (Å²) in [7, 11) is 0. The van der Waals surface area contributed by atoms with Crippen LogP contribution in [-0.2, 0) is 4.74 Å². The number of ether oxygens (including phenoxy) is 1. The number of rotatable bonds is 28. The summed E-state index contributed by atoms with van der Waals surface area (Å²) < 4.78 is 6.83. The van der Waals surface area contributed by atoms with Gasteiger partial charge in [0, 0.05) is 13.2 Å². The zero-order chi connectivity index (χ0) is 37.4. The summed E-state index contributed by atoms with van der Waals surface area (Å²) in [5.74, 6) is 9.99. The standard InChI is InChI=1S/C52H98O/c1-5-9-13-17-21-45-27-35-49(36-28-45)51(47-31-23-43(24-32-47)19-15-11-7-3)39-41-53-42-40-52(48-33-25-44(26-34-48)20-16-12-8-4)50-37-29-46(30-38-50)22-18-14-10-6-2/h43-52H,5-42H2,1-4H3. The van der Waals surface area contributed by atoms with Gasteiger partial charge in [-0.05, 0) is 123 Å². The molecule has 0 radical (unpaired) electrons. The summed E-state index contributed by atoms with van der Waals surface area (Å²) in [4.78, 5) is 0. The highest BCUT2D eigenvalue weighted by Gasteiger charge is 2.36. The molecule has 2 unspecified atom stereocenters. The maximum atomic E-state index is 6.83. The van der Waals surface area contributed by atoms with Crippen LogP contribution in [0.4, 0.5) is 0 Å². The first kappa shape index (κ1) is 45.7. The maximum Gasteiger partial charge on any atom is 0.0468 e. The van der Waals surface area contributed by atoms with Crippen LogP contribution in [0.1, 0.15) is 259 Å².